The van der Waals surface area contributed by atoms with Crippen LogP contribution in [-0.4, -0.2) is 76.4 Å². The second kappa shape index (κ2) is 13.2. The Morgan fingerprint density at radius 1 is 1.12 bits per heavy atom. The van der Waals surface area contributed by atoms with Crippen LogP contribution < -0.4 is 14.8 Å². The lowest BCUT2D eigenvalue weighted by Gasteiger charge is -2.39. The lowest BCUT2D eigenvalue weighted by Crippen LogP contribution is -2.51. The summed E-state index contributed by atoms with van der Waals surface area (Å²) < 4.78 is 16.4. The van der Waals surface area contributed by atoms with Crippen molar-refractivity contribution in [3.05, 3.63) is 40.6 Å². The first-order valence-corrected chi connectivity index (χ1v) is 14.7. The van der Waals surface area contributed by atoms with Crippen molar-refractivity contribution in [2.24, 2.45) is 0 Å². The van der Waals surface area contributed by atoms with Crippen molar-refractivity contribution in [3.8, 4) is 22.9 Å². The van der Waals surface area contributed by atoms with Crippen LogP contribution in [0.5, 0.6) is 11.5 Å². The highest BCUT2D eigenvalue weighted by atomic mass is 32.1. The van der Waals surface area contributed by atoms with Crippen LogP contribution in [0.1, 0.15) is 55.9 Å². The summed E-state index contributed by atoms with van der Waals surface area (Å²) in [5.41, 5.74) is 0.686. The van der Waals surface area contributed by atoms with Crippen molar-refractivity contribution in [2.45, 2.75) is 69.7 Å². The summed E-state index contributed by atoms with van der Waals surface area (Å²) in [6, 6.07) is 8.41. The molecule has 40 heavy (non-hydrogen) atoms. The summed E-state index contributed by atoms with van der Waals surface area (Å²) in [6.07, 6.45) is 6.83. The molecule has 1 aromatic carbocycles. The van der Waals surface area contributed by atoms with Crippen LogP contribution in [0.3, 0.4) is 0 Å². The van der Waals surface area contributed by atoms with Crippen molar-refractivity contribution in [2.75, 3.05) is 27.4 Å². The maximum atomic E-state index is 14.0. The lowest BCUT2D eigenvalue weighted by molar-refractivity contribution is -0.145. The zero-order valence-electron chi connectivity index (χ0n) is 23.0. The van der Waals surface area contributed by atoms with Gasteiger partial charge in [-0.1, -0.05) is 25.3 Å². The maximum absolute atomic E-state index is 14.0. The van der Waals surface area contributed by atoms with Crippen LogP contribution in [0.15, 0.2) is 35.7 Å². The molecule has 11 nitrogen and oxygen atoms in total. The van der Waals surface area contributed by atoms with Crippen LogP contribution in [-0.2, 0) is 20.9 Å². The van der Waals surface area contributed by atoms with Crippen molar-refractivity contribution in [1.82, 2.24) is 30.4 Å². The van der Waals surface area contributed by atoms with Crippen LogP contribution in [0, 0.1) is 0 Å². The number of aromatic nitrogens is 4. The van der Waals surface area contributed by atoms with Crippen molar-refractivity contribution >= 4 is 23.2 Å². The van der Waals surface area contributed by atoms with Gasteiger partial charge in [-0.25, -0.2) is 0 Å². The molecule has 0 bridgehead atoms. The zero-order chi connectivity index (χ0) is 27.9. The fourth-order valence-corrected chi connectivity index (χ4v) is 6.30. The van der Waals surface area contributed by atoms with Gasteiger partial charge in [0, 0.05) is 29.6 Å². The summed E-state index contributed by atoms with van der Waals surface area (Å²) in [7, 11) is 3.13. The van der Waals surface area contributed by atoms with Gasteiger partial charge in [0.15, 0.2) is 11.5 Å². The van der Waals surface area contributed by atoms with Gasteiger partial charge >= 0.3 is 0 Å². The number of benzene rings is 1. The van der Waals surface area contributed by atoms with E-state index in [-0.39, 0.29) is 30.5 Å². The van der Waals surface area contributed by atoms with Gasteiger partial charge in [-0.3, -0.25) is 9.59 Å². The molecule has 2 aliphatic rings. The number of methoxy groups -OCH3 is 2. The van der Waals surface area contributed by atoms with E-state index < -0.39 is 6.04 Å². The average molecular weight is 569 g/mol. The quantitative estimate of drug-likeness (QED) is 0.372. The summed E-state index contributed by atoms with van der Waals surface area (Å²) in [6.45, 7) is 1.03. The van der Waals surface area contributed by atoms with E-state index in [2.05, 4.69) is 20.7 Å². The van der Waals surface area contributed by atoms with Crippen molar-refractivity contribution in [3.63, 3.8) is 0 Å². The average Bonchev–Trinajstić information content (AvgIpc) is 3.78. The van der Waals surface area contributed by atoms with E-state index in [0.29, 0.717) is 29.4 Å². The van der Waals surface area contributed by atoms with E-state index in [4.69, 9.17) is 14.2 Å². The molecule has 1 aliphatic carbocycles. The van der Waals surface area contributed by atoms with Gasteiger partial charge in [0.2, 0.25) is 17.6 Å². The van der Waals surface area contributed by atoms with Gasteiger partial charge in [-0.05, 0) is 60.5 Å². The third-order valence-corrected chi connectivity index (χ3v) is 8.42. The highest BCUT2D eigenvalue weighted by molar-refractivity contribution is 7.10. The molecule has 214 valence electrons. The van der Waals surface area contributed by atoms with Crippen molar-refractivity contribution < 1.29 is 23.8 Å². The topological polar surface area (TPSA) is 121 Å². The summed E-state index contributed by atoms with van der Waals surface area (Å²) in [5, 5.41) is 17.8. The molecule has 1 saturated heterocycles. The van der Waals surface area contributed by atoms with E-state index in [1.54, 1.807) is 31.3 Å². The largest absolute Gasteiger partial charge is 0.493 e. The van der Waals surface area contributed by atoms with E-state index >= 15 is 0 Å². The molecule has 12 heteroatoms. The van der Waals surface area contributed by atoms with Crippen LogP contribution in [0.25, 0.3) is 11.4 Å². The van der Waals surface area contributed by atoms with Crippen LogP contribution >= 0.6 is 11.3 Å². The second-order valence-corrected chi connectivity index (χ2v) is 11.1. The molecule has 3 aromatic rings. The molecule has 2 fully saturated rings. The van der Waals surface area contributed by atoms with Gasteiger partial charge < -0.3 is 24.4 Å². The molecule has 5 rings (SSSR count). The van der Waals surface area contributed by atoms with E-state index in [1.807, 2.05) is 23.6 Å². The third-order valence-electron chi connectivity index (χ3n) is 7.49. The molecule has 1 saturated carbocycles. The normalized spacial score (nSPS) is 18.3. The number of carbonyl (C=O) groups is 2. The van der Waals surface area contributed by atoms with Gasteiger partial charge in [-0.15, -0.1) is 21.5 Å². The summed E-state index contributed by atoms with van der Waals surface area (Å²) in [4.78, 5) is 31.6. The second-order valence-electron chi connectivity index (χ2n) is 10.1. The van der Waals surface area contributed by atoms with Gasteiger partial charge in [0.05, 0.1) is 20.3 Å². The smallest absolute Gasteiger partial charge is 0.248 e. The lowest BCUT2D eigenvalue weighted by atomic mass is 9.92. The van der Waals surface area contributed by atoms with E-state index in [1.165, 1.54) is 16.1 Å². The third kappa shape index (κ3) is 6.44. The monoisotopic (exact) mass is 568 g/mol. The van der Waals surface area contributed by atoms with Crippen LogP contribution in [0.4, 0.5) is 0 Å². The molecule has 1 aliphatic heterocycles. The Balaban J connectivity index is 1.38. The number of thiophene rings is 1. The molecule has 1 N–H and O–H groups in total. The first-order valence-electron chi connectivity index (χ1n) is 13.8. The predicted octanol–water partition coefficient (Wildman–Crippen LogP) is 3.62. The molecule has 2 atom stereocenters. The first kappa shape index (κ1) is 28.0. The Morgan fingerprint density at radius 3 is 2.65 bits per heavy atom. The number of ether oxygens (including phenoxy) is 3. The molecule has 2 unspecified atom stereocenters. The number of nitrogens with zero attached hydrogens (tertiary/aromatic N) is 5. The number of rotatable bonds is 11. The highest BCUT2D eigenvalue weighted by Crippen LogP contribution is 2.34. The van der Waals surface area contributed by atoms with Gasteiger partial charge in [0.1, 0.15) is 12.6 Å². The minimum Gasteiger partial charge on any atom is -0.493 e. The van der Waals surface area contributed by atoms with Crippen molar-refractivity contribution in [1.29, 1.82) is 0 Å². The molecular weight excluding hydrogens is 532 g/mol. The minimum absolute atomic E-state index is 0.0149. The van der Waals surface area contributed by atoms with E-state index in [0.717, 1.165) is 56.4 Å². The first-order chi connectivity index (χ1) is 19.6. The molecule has 3 heterocycles. The number of nitrogens with one attached hydrogen (secondary N) is 1. The molecule has 0 radical (unpaired) electrons. The predicted molar refractivity (Wildman–Crippen MR) is 149 cm³/mol. The molecule has 2 amide bonds. The van der Waals surface area contributed by atoms with E-state index in [9.17, 15) is 9.59 Å². The fourth-order valence-electron chi connectivity index (χ4n) is 5.48. The fraction of sp³-hybridized carbons (Fsp3) is 0.536. The zero-order valence-corrected chi connectivity index (χ0v) is 23.8. The number of hydrogen-bond donors (Lipinski definition) is 1. The summed E-state index contributed by atoms with van der Waals surface area (Å²) >= 11 is 1.48. The molecule has 0 spiro atoms. The Bertz CT molecular complexity index is 1270. The maximum Gasteiger partial charge on any atom is 0.248 e. The highest BCUT2D eigenvalue weighted by Gasteiger charge is 2.38. The molecule has 2 aromatic heterocycles. The number of hydrogen-bond acceptors (Lipinski definition) is 9. The van der Waals surface area contributed by atoms with Crippen LogP contribution in [0.2, 0.25) is 0 Å². The number of carbonyl (C=O) groups excluding carboxylic acids is 2. The standard InChI is InChI=1S/C28H36N6O5S/c1-37-22-13-12-19(16-23(22)38-2)27-30-32-33(31-27)18-25(35)34(20-8-4-3-5-9-20)26(24-11-7-15-40-24)28(36)29-17-21-10-6-14-39-21/h7,11-13,15-16,20-21,26H,3-6,8-10,14,17-18H2,1-2H3,(H,29,36). The number of tetrazole rings is 1. The minimum atomic E-state index is -0.731. The SMILES string of the molecule is COc1ccc(-c2nnn(CC(=O)N(C3CCCCC3)C(C(=O)NCC3CCCO3)c3cccs3)n2)cc1OC. The summed E-state index contributed by atoms with van der Waals surface area (Å²) in [5.74, 6) is 1.10. The molecular formula is C28H36N6O5S. The Kier molecular flexibility index (Phi) is 9.27. The number of amides is 2. The Morgan fingerprint density at radius 2 is 1.95 bits per heavy atom. The van der Waals surface area contributed by atoms with Gasteiger partial charge in [-0.2, -0.15) is 4.80 Å². The Labute approximate surface area is 237 Å². The Hall–Kier alpha value is -3.51. The van der Waals surface area contributed by atoms with Gasteiger partial charge in [0.25, 0.3) is 0 Å².